The number of allylic oxidation sites excluding steroid dienone is 1. The normalized spacial score (nSPS) is 28.1. The van der Waals surface area contributed by atoms with Crippen molar-refractivity contribution >= 4 is 29.8 Å². The highest BCUT2D eigenvalue weighted by Gasteiger charge is 2.51. The van der Waals surface area contributed by atoms with Crippen LogP contribution < -0.4 is 0 Å². The number of urea groups is 1. The van der Waals surface area contributed by atoms with Crippen LogP contribution in [0.3, 0.4) is 0 Å². The summed E-state index contributed by atoms with van der Waals surface area (Å²) in [7, 11) is 3.07. The Morgan fingerprint density at radius 2 is 1.95 bits per heavy atom. The molecule has 110 valence electrons. The van der Waals surface area contributed by atoms with E-state index in [1.165, 1.54) is 17.8 Å². The molecule has 6 nitrogen and oxygen atoms in total. The number of rotatable bonds is 0. The maximum atomic E-state index is 12.5. The number of fused-ring (bicyclic) bond motifs is 2. The van der Waals surface area contributed by atoms with Gasteiger partial charge in [-0.15, -0.1) is 4.99 Å². The van der Waals surface area contributed by atoms with E-state index in [0.717, 1.165) is 10.5 Å². The van der Waals surface area contributed by atoms with Gasteiger partial charge in [-0.25, -0.2) is 4.79 Å². The van der Waals surface area contributed by atoms with E-state index < -0.39 is 11.9 Å². The lowest BCUT2D eigenvalue weighted by atomic mass is 9.69. The van der Waals surface area contributed by atoms with Gasteiger partial charge in [-0.3, -0.25) is 9.59 Å². The summed E-state index contributed by atoms with van der Waals surface area (Å²) < 4.78 is 1.39. The molecule has 2 aliphatic heterocycles. The Kier molecular flexibility index (Phi) is 2.77. The number of carbonyl (C=O) groups excluding carboxylic acids is 3. The van der Waals surface area contributed by atoms with E-state index in [2.05, 4.69) is 4.99 Å². The SMILES string of the molecule is CN1C(=O)C2C3=C(C=NC2=[N+](C)C1=O)C(=O)CC(C)(C)C3. The molecule has 0 aromatic heterocycles. The maximum absolute atomic E-state index is 12.5. The average molecular weight is 288 g/mol. The smallest absolute Gasteiger partial charge is 0.294 e. The summed E-state index contributed by atoms with van der Waals surface area (Å²) in [5.74, 6) is -0.462. The van der Waals surface area contributed by atoms with Crippen molar-refractivity contribution in [1.82, 2.24) is 4.90 Å². The fraction of sp³-hybridized carbons (Fsp3) is 0.533. The van der Waals surface area contributed by atoms with Gasteiger partial charge in [0.15, 0.2) is 11.7 Å². The summed E-state index contributed by atoms with van der Waals surface area (Å²) in [6, 6.07) is -0.395. The molecule has 2 heterocycles. The Labute approximate surface area is 122 Å². The van der Waals surface area contributed by atoms with Gasteiger partial charge < -0.3 is 0 Å². The Morgan fingerprint density at radius 3 is 2.62 bits per heavy atom. The van der Waals surface area contributed by atoms with E-state index in [1.54, 1.807) is 7.05 Å². The van der Waals surface area contributed by atoms with Crippen LogP contribution >= 0.6 is 0 Å². The third-order valence-electron chi connectivity index (χ3n) is 4.38. The van der Waals surface area contributed by atoms with Gasteiger partial charge in [0.2, 0.25) is 0 Å². The highest BCUT2D eigenvalue weighted by molar-refractivity contribution is 6.24. The predicted octanol–water partition coefficient (Wildman–Crippen LogP) is 1.01. The number of amides is 3. The summed E-state index contributed by atoms with van der Waals surface area (Å²) in [6.07, 6.45) is 2.63. The molecule has 0 bridgehead atoms. The lowest BCUT2D eigenvalue weighted by Crippen LogP contribution is -2.54. The molecule has 0 saturated carbocycles. The fourth-order valence-electron chi connectivity index (χ4n) is 3.31. The van der Waals surface area contributed by atoms with E-state index >= 15 is 0 Å². The quantitative estimate of drug-likeness (QED) is 0.624. The molecule has 0 N–H and O–H groups in total. The number of aliphatic imine (C=N–C) groups is 1. The number of dihydropyridines is 1. The van der Waals surface area contributed by atoms with Crippen LogP contribution in [-0.4, -0.2) is 53.3 Å². The molecule has 0 aromatic rings. The van der Waals surface area contributed by atoms with Gasteiger partial charge in [-0.05, 0) is 17.4 Å². The van der Waals surface area contributed by atoms with Crippen molar-refractivity contribution in [2.75, 3.05) is 14.1 Å². The van der Waals surface area contributed by atoms with Crippen LogP contribution in [0.2, 0.25) is 0 Å². The van der Waals surface area contributed by atoms with Gasteiger partial charge in [0.25, 0.3) is 5.84 Å². The zero-order valence-corrected chi connectivity index (χ0v) is 12.6. The van der Waals surface area contributed by atoms with Gasteiger partial charge in [-0.1, -0.05) is 13.8 Å². The van der Waals surface area contributed by atoms with Crippen molar-refractivity contribution in [2.45, 2.75) is 26.7 Å². The van der Waals surface area contributed by atoms with Gasteiger partial charge in [0.05, 0.1) is 19.7 Å². The van der Waals surface area contributed by atoms with Crippen LogP contribution in [-0.2, 0) is 9.59 Å². The molecule has 0 spiro atoms. The molecule has 1 unspecified atom stereocenters. The summed E-state index contributed by atoms with van der Waals surface area (Å²) in [6.45, 7) is 4.04. The molecule has 0 fully saturated rings. The van der Waals surface area contributed by atoms with E-state index in [9.17, 15) is 14.4 Å². The monoisotopic (exact) mass is 288 g/mol. The molecule has 0 aromatic carbocycles. The first-order valence-corrected chi connectivity index (χ1v) is 6.95. The van der Waals surface area contributed by atoms with Crippen LogP contribution in [0.4, 0.5) is 4.79 Å². The van der Waals surface area contributed by atoms with E-state index in [1.807, 2.05) is 13.8 Å². The summed E-state index contributed by atoms with van der Waals surface area (Å²) in [5, 5.41) is 0. The predicted molar refractivity (Wildman–Crippen MR) is 76.4 cm³/mol. The minimum absolute atomic E-state index is 0.0269. The van der Waals surface area contributed by atoms with E-state index in [4.69, 9.17) is 0 Å². The van der Waals surface area contributed by atoms with Crippen LogP contribution in [0, 0.1) is 11.3 Å². The zero-order chi connectivity index (χ0) is 15.5. The third-order valence-corrected chi connectivity index (χ3v) is 4.38. The zero-order valence-electron chi connectivity index (χ0n) is 12.6. The Balaban J connectivity index is 2.19. The minimum atomic E-state index is -0.610. The maximum Gasteiger partial charge on any atom is 0.445 e. The Bertz CT molecular complexity index is 682. The number of amidine groups is 1. The van der Waals surface area contributed by atoms with Gasteiger partial charge in [-0.2, -0.15) is 9.48 Å². The molecule has 6 heteroatoms. The van der Waals surface area contributed by atoms with Crippen molar-refractivity contribution in [2.24, 2.45) is 16.3 Å². The molecule has 0 saturated heterocycles. The standard InChI is InChI=1S/C15H18N3O3/c1-15(2)5-8-9(10(19)6-15)7-16-12-11(8)13(20)18(4)14(21)17(12)3/h7,11H,5-6H2,1-4H3/q+1. The number of nitrogens with zero attached hydrogens (tertiary/aromatic N) is 3. The Morgan fingerprint density at radius 1 is 1.29 bits per heavy atom. The lowest BCUT2D eigenvalue weighted by Gasteiger charge is -2.36. The third kappa shape index (κ3) is 1.89. The second-order valence-corrected chi connectivity index (χ2v) is 6.67. The van der Waals surface area contributed by atoms with E-state index in [0.29, 0.717) is 24.3 Å². The fourth-order valence-corrected chi connectivity index (χ4v) is 3.31. The molecule has 0 radical (unpaired) electrons. The second-order valence-electron chi connectivity index (χ2n) is 6.67. The number of hydrogen-bond acceptors (Lipinski definition) is 4. The highest BCUT2D eigenvalue weighted by Crippen LogP contribution is 2.42. The molecule has 1 aliphatic carbocycles. The molecular weight excluding hydrogens is 270 g/mol. The summed E-state index contributed by atoms with van der Waals surface area (Å²) >= 11 is 0. The van der Waals surface area contributed by atoms with Crippen molar-refractivity contribution < 1.29 is 19.0 Å². The topological polar surface area (TPSA) is 69.8 Å². The minimum Gasteiger partial charge on any atom is -0.294 e. The van der Waals surface area contributed by atoms with Crippen molar-refractivity contribution in [3.05, 3.63) is 11.1 Å². The first-order valence-electron chi connectivity index (χ1n) is 6.95. The van der Waals surface area contributed by atoms with E-state index in [-0.39, 0.29) is 17.1 Å². The molecule has 21 heavy (non-hydrogen) atoms. The number of Topliss-reactive ketones (excluding diaryl/α,β-unsaturated/α-hetero) is 1. The average Bonchev–Trinajstić information content (AvgIpc) is 2.40. The first kappa shape index (κ1) is 13.9. The summed E-state index contributed by atoms with van der Waals surface area (Å²) in [5.41, 5.74) is 1.18. The number of carbonyl (C=O) groups is 3. The van der Waals surface area contributed by atoms with Gasteiger partial charge in [0, 0.05) is 6.42 Å². The van der Waals surface area contributed by atoms with Crippen molar-refractivity contribution in [3.63, 3.8) is 0 Å². The number of hydrogen-bond donors (Lipinski definition) is 0. The Hall–Kier alpha value is -2.11. The summed E-state index contributed by atoms with van der Waals surface area (Å²) in [4.78, 5) is 42.1. The second kappa shape index (κ2) is 4.19. The van der Waals surface area contributed by atoms with Crippen molar-refractivity contribution in [1.29, 1.82) is 0 Å². The lowest BCUT2D eigenvalue weighted by molar-refractivity contribution is -0.407. The molecule has 3 amide bonds. The number of ketones is 1. The molecule has 3 aliphatic rings. The van der Waals surface area contributed by atoms with Crippen LogP contribution in [0.15, 0.2) is 16.1 Å². The van der Waals surface area contributed by atoms with Crippen LogP contribution in [0.5, 0.6) is 0 Å². The van der Waals surface area contributed by atoms with Gasteiger partial charge >= 0.3 is 11.9 Å². The van der Waals surface area contributed by atoms with Crippen LogP contribution in [0.25, 0.3) is 0 Å². The van der Waals surface area contributed by atoms with Crippen LogP contribution in [0.1, 0.15) is 26.7 Å². The van der Waals surface area contributed by atoms with Gasteiger partial charge in [0.1, 0.15) is 6.21 Å². The molecule has 3 rings (SSSR count). The molecule has 1 atom stereocenters. The number of imide groups is 1. The largest absolute Gasteiger partial charge is 0.445 e. The molecular formula is C15H18N3O3+. The first-order chi connectivity index (χ1) is 9.73. The highest BCUT2D eigenvalue weighted by atomic mass is 16.2. The van der Waals surface area contributed by atoms with Crippen molar-refractivity contribution in [3.8, 4) is 0 Å².